The van der Waals surface area contributed by atoms with Gasteiger partial charge in [0.15, 0.2) is 5.65 Å². The molecule has 0 unspecified atom stereocenters. The number of fused-ring (bicyclic) bond motifs is 1. The van der Waals surface area contributed by atoms with Gasteiger partial charge in [0.1, 0.15) is 11.6 Å². The van der Waals surface area contributed by atoms with Crippen molar-refractivity contribution in [3.8, 4) is 0 Å². The summed E-state index contributed by atoms with van der Waals surface area (Å²) in [5, 5.41) is 12.1. The molecule has 1 aliphatic heterocycles. The van der Waals surface area contributed by atoms with Gasteiger partial charge >= 0.3 is 0 Å². The van der Waals surface area contributed by atoms with Crippen molar-refractivity contribution < 1.29 is 4.74 Å². The average molecular weight is 342 g/mol. The predicted molar refractivity (Wildman–Crippen MR) is 92.3 cm³/mol. The van der Waals surface area contributed by atoms with Crippen LogP contribution in [0.2, 0.25) is 0 Å². The Morgan fingerprint density at radius 1 is 1.28 bits per heavy atom. The first-order valence-electron chi connectivity index (χ1n) is 8.34. The second-order valence-electron chi connectivity index (χ2n) is 6.37. The number of hydrogen-bond donors (Lipinski definition) is 1. The van der Waals surface area contributed by atoms with E-state index in [4.69, 9.17) is 4.74 Å². The molecular formula is C16H22N8O. The van der Waals surface area contributed by atoms with Crippen molar-refractivity contribution in [3.63, 3.8) is 0 Å². The Labute approximate surface area is 145 Å². The third-order valence-corrected chi connectivity index (χ3v) is 4.56. The van der Waals surface area contributed by atoms with Gasteiger partial charge in [-0.05, 0) is 26.1 Å². The summed E-state index contributed by atoms with van der Waals surface area (Å²) in [6, 6.07) is 3.96. The lowest BCUT2D eigenvalue weighted by Gasteiger charge is -2.39. The Hall–Kier alpha value is -2.52. The third-order valence-electron chi connectivity index (χ3n) is 4.56. The number of anilines is 1. The number of aryl methyl sites for hydroxylation is 2. The van der Waals surface area contributed by atoms with Crippen LogP contribution in [0, 0.1) is 6.92 Å². The Bertz CT molecular complexity index is 872. The van der Waals surface area contributed by atoms with E-state index in [1.54, 1.807) is 4.63 Å². The fourth-order valence-corrected chi connectivity index (χ4v) is 3.29. The van der Waals surface area contributed by atoms with Gasteiger partial charge in [-0.3, -0.25) is 4.90 Å². The second kappa shape index (κ2) is 6.41. The first-order chi connectivity index (χ1) is 12.1. The highest BCUT2D eigenvalue weighted by Crippen LogP contribution is 2.28. The Kier molecular flexibility index (Phi) is 4.10. The molecule has 1 aliphatic rings. The molecule has 1 fully saturated rings. The van der Waals surface area contributed by atoms with Gasteiger partial charge in [0.2, 0.25) is 0 Å². The fourth-order valence-electron chi connectivity index (χ4n) is 3.29. The molecule has 3 aromatic heterocycles. The van der Waals surface area contributed by atoms with Crippen LogP contribution in [-0.2, 0) is 11.8 Å². The minimum Gasteiger partial charge on any atom is -0.373 e. The van der Waals surface area contributed by atoms with Crippen LogP contribution in [0.25, 0.3) is 5.65 Å². The molecule has 0 saturated carbocycles. The van der Waals surface area contributed by atoms with E-state index in [0.29, 0.717) is 19.0 Å². The summed E-state index contributed by atoms with van der Waals surface area (Å²) in [5.41, 5.74) is 1.88. The predicted octanol–water partition coefficient (Wildman–Crippen LogP) is 0.650. The zero-order valence-electron chi connectivity index (χ0n) is 14.6. The number of nitrogens with zero attached hydrogens (tertiary/aromatic N) is 7. The Morgan fingerprint density at radius 3 is 2.96 bits per heavy atom. The summed E-state index contributed by atoms with van der Waals surface area (Å²) < 4.78 is 9.64. The number of rotatable bonds is 4. The van der Waals surface area contributed by atoms with Crippen molar-refractivity contribution >= 4 is 11.5 Å². The van der Waals surface area contributed by atoms with Gasteiger partial charge in [-0.1, -0.05) is 0 Å². The molecule has 3 aromatic rings. The van der Waals surface area contributed by atoms with E-state index in [9.17, 15) is 0 Å². The Morgan fingerprint density at radius 2 is 2.16 bits per heavy atom. The first-order valence-corrected chi connectivity index (χ1v) is 8.34. The molecule has 1 saturated heterocycles. The van der Waals surface area contributed by atoms with Gasteiger partial charge in [-0.2, -0.15) is 0 Å². The SMILES string of the molecule is Cc1nc2ccc(NC[C@@H]3OCCN(C)[C@H]3c3cncn3C)nn2n1. The Balaban J connectivity index is 1.52. The number of morpholine rings is 1. The zero-order chi connectivity index (χ0) is 17.4. The third kappa shape index (κ3) is 3.08. The molecule has 25 heavy (non-hydrogen) atoms. The molecule has 0 bridgehead atoms. The monoisotopic (exact) mass is 342 g/mol. The summed E-state index contributed by atoms with van der Waals surface area (Å²) in [6.45, 7) is 4.11. The number of hydrogen-bond acceptors (Lipinski definition) is 7. The maximum atomic E-state index is 6.05. The maximum Gasteiger partial charge on any atom is 0.176 e. The summed E-state index contributed by atoms with van der Waals surface area (Å²) in [5.74, 6) is 1.45. The van der Waals surface area contributed by atoms with Gasteiger partial charge in [0.25, 0.3) is 0 Å². The molecule has 132 valence electrons. The van der Waals surface area contributed by atoms with Crippen LogP contribution in [0.3, 0.4) is 0 Å². The van der Waals surface area contributed by atoms with E-state index in [0.717, 1.165) is 23.7 Å². The molecule has 1 N–H and O–H groups in total. The van der Waals surface area contributed by atoms with Gasteiger partial charge in [-0.15, -0.1) is 14.8 Å². The van der Waals surface area contributed by atoms with E-state index in [-0.39, 0.29) is 12.1 Å². The van der Waals surface area contributed by atoms with Crippen LogP contribution in [0.15, 0.2) is 24.7 Å². The van der Waals surface area contributed by atoms with E-state index in [2.05, 4.69) is 37.4 Å². The summed E-state index contributed by atoms with van der Waals surface area (Å²) >= 11 is 0. The summed E-state index contributed by atoms with van der Waals surface area (Å²) in [7, 11) is 4.13. The zero-order valence-corrected chi connectivity index (χ0v) is 14.6. The number of likely N-dealkylation sites (N-methyl/N-ethyl adjacent to an activating group) is 1. The molecule has 4 heterocycles. The highest BCUT2D eigenvalue weighted by Gasteiger charge is 2.33. The van der Waals surface area contributed by atoms with Crippen molar-refractivity contribution in [1.29, 1.82) is 0 Å². The lowest BCUT2D eigenvalue weighted by Crippen LogP contribution is -2.46. The molecule has 0 aromatic carbocycles. The molecule has 0 radical (unpaired) electrons. The van der Waals surface area contributed by atoms with E-state index < -0.39 is 0 Å². The quantitative estimate of drug-likeness (QED) is 0.745. The van der Waals surface area contributed by atoms with Crippen LogP contribution in [0.5, 0.6) is 0 Å². The molecule has 9 heteroatoms. The fraction of sp³-hybridized carbons (Fsp3) is 0.500. The van der Waals surface area contributed by atoms with Crippen molar-refractivity contribution in [2.75, 3.05) is 32.1 Å². The smallest absolute Gasteiger partial charge is 0.176 e. The van der Waals surface area contributed by atoms with Crippen molar-refractivity contribution in [2.24, 2.45) is 7.05 Å². The minimum atomic E-state index is 0.00382. The number of imidazole rings is 1. The van der Waals surface area contributed by atoms with Crippen molar-refractivity contribution in [3.05, 3.63) is 36.2 Å². The average Bonchev–Trinajstić information content (AvgIpc) is 3.17. The number of aromatic nitrogens is 6. The lowest BCUT2D eigenvalue weighted by molar-refractivity contribution is -0.0578. The number of nitrogens with one attached hydrogen (secondary N) is 1. The lowest BCUT2D eigenvalue weighted by atomic mass is 10.0. The minimum absolute atomic E-state index is 0.00382. The molecule has 0 amide bonds. The molecule has 2 atom stereocenters. The molecule has 9 nitrogen and oxygen atoms in total. The second-order valence-corrected chi connectivity index (χ2v) is 6.37. The van der Waals surface area contributed by atoms with Crippen LogP contribution >= 0.6 is 0 Å². The largest absolute Gasteiger partial charge is 0.373 e. The van der Waals surface area contributed by atoms with Crippen molar-refractivity contribution in [2.45, 2.75) is 19.1 Å². The van der Waals surface area contributed by atoms with Crippen LogP contribution in [-0.4, -0.2) is 67.1 Å². The number of ether oxygens (including phenoxy) is 1. The standard InChI is InChI=1S/C16H22N8O/c1-11-19-15-5-4-14(21-24(15)20-11)18-9-13-16(22(2)6-7-25-13)12-8-17-10-23(12)3/h4-5,8,10,13,16H,6-7,9H2,1-3H3,(H,18,21)/t13-,16-/m0/s1. The van der Waals surface area contributed by atoms with Gasteiger partial charge in [0, 0.05) is 26.3 Å². The van der Waals surface area contributed by atoms with E-state index in [1.807, 2.05) is 43.2 Å². The highest BCUT2D eigenvalue weighted by atomic mass is 16.5. The normalized spacial score (nSPS) is 21.7. The van der Waals surface area contributed by atoms with Crippen LogP contribution in [0.1, 0.15) is 17.6 Å². The maximum absolute atomic E-state index is 6.05. The molecule has 0 spiro atoms. The topological polar surface area (TPSA) is 85.4 Å². The van der Waals surface area contributed by atoms with E-state index >= 15 is 0 Å². The summed E-state index contributed by atoms with van der Waals surface area (Å²) in [6.07, 6.45) is 3.74. The molecule has 0 aliphatic carbocycles. The van der Waals surface area contributed by atoms with Gasteiger partial charge in [-0.25, -0.2) is 9.97 Å². The van der Waals surface area contributed by atoms with Gasteiger partial charge in [0.05, 0.1) is 30.8 Å². The van der Waals surface area contributed by atoms with Crippen molar-refractivity contribution in [1.82, 2.24) is 34.3 Å². The first kappa shape index (κ1) is 16.0. The summed E-state index contributed by atoms with van der Waals surface area (Å²) in [4.78, 5) is 10.8. The van der Waals surface area contributed by atoms with E-state index in [1.165, 1.54) is 0 Å². The van der Waals surface area contributed by atoms with Gasteiger partial charge < -0.3 is 14.6 Å². The van der Waals surface area contributed by atoms with Crippen LogP contribution < -0.4 is 5.32 Å². The highest BCUT2D eigenvalue weighted by molar-refractivity contribution is 5.43. The van der Waals surface area contributed by atoms with Crippen LogP contribution in [0.4, 0.5) is 5.82 Å². The molecular weight excluding hydrogens is 320 g/mol. The molecule has 4 rings (SSSR count).